The van der Waals surface area contributed by atoms with Crippen LogP contribution in [0.2, 0.25) is 10.0 Å². The van der Waals surface area contributed by atoms with Gasteiger partial charge in [-0.25, -0.2) is 0 Å². The molecule has 2 aromatic carbocycles. The average molecular weight is 376 g/mol. The molecule has 0 aliphatic carbocycles. The van der Waals surface area contributed by atoms with Gasteiger partial charge in [-0.05, 0) is 49.4 Å². The number of ether oxygens (including phenoxy) is 1. The standard InChI is InChI=1S/C17H15Cl2N5O/c1-2-25-15-5-3-13(4-6-15)21-16-10-20-24-17(23-16)22-14-8-11(18)7-12(19)9-14/h3-10H,2H2,1H3,(H2,21,22,23,24). The van der Waals surface area contributed by atoms with Crippen LogP contribution in [-0.2, 0) is 0 Å². The summed E-state index contributed by atoms with van der Waals surface area (Å²) >= 11 is 12.0. The van der Waals surface area contributed by atoms with Crippen molar-refractivity contribution in [3.63, 3.8) is 0 Å². The maximum atomic E-state index is 5.99. The summed E-state index contributed by atoms with van der Waals surface area (Å²) in [6.45, 7) is 2.57. The highest BCUT2D eigenvalue weighted by Crippen LogP contribution is 2.24. The molecule has 0 atom stereocenters. The Labute approximate surface area is 155 Å². The average Bonchev–Trinajstić information content (AvgIpc) is 2.56. The number of anilines is 4. The zero-order chi connectivity index (χ0) is 17.6. The van der Waals surface area contributed by atoms with E-state index < -0.39 is 0 Å². The third-order valence-corrected chi connectivity index (χ3v) is 3.55. The molecule has 0 bridgehead atoms. The molecule has 1 heterocycles. The van der Waals surface area contributed by atoms with E-state index in [4.69, 9.17) is 27.9 Å². The summed E-state index contributed by atoms with van der Waals surface area (Å²) in [5.41, 5.74) is 1.54. The molecule has 8 heteroatoms. The normalized spacial score (nSPS) is 10.4. The van der Waals surface area contributed by atoms with Crippen LogP contribution in [-0.4, -0.2) is 21.8 Å². The number of nitrogens with one attached hydrogen (secondary N) is 2. The van der Waals surface area contributed by atoms with Crippen LogP contribution in [0.25, 0.3) is 0 Å². The lowest BCUT2D eigenvalue weighted by molar-refractivity contribution is 0.340. The first-order valence-corrected chi connectivity index (χ1v) is 8.30. The van der Waals surface area contributed by atoms with Gasteiger partial charge in [0.1, 0.15) is 5.75 Å². The Bertz CT molecular complexity index is 838. The molecule has 0 fully saturated rings. The Morgan fingerprint density at radius 2 is 1.68 bits per heavy atom. The molecule has 0 aliphatic heterocycles. The van der Waals surface area contributed by atoms with Crippen molar-refractivity contribution in [2.75, 3.05) is 17.2 Å². The second kappa shape index (κ2) is 8.00. The summed E-state index contributed by atoms with van der Waals surface area (Å²) in [7, 11) is 0. The Morgan fingerprint density at radius 1 is 0.960 bits per heavy atom. The van der Waals surface area contributed by atoms with Crippen LogP contribution in [0.4, 0.5) is 23.1 Å². The zero-order valence-corrected chi connectivity index (χ0v) is 14.8. The molecule has 6 nitrogen and oxygen atoms in total. The van der Waals surface area contributed by atoms with Crippen molar-refractivity contribution >= 4 is 46.3 Å². The largest absolute Gasteiger partial charge is 0.494 e. The summed E-state index contributed by atoms with van der Waals surface area (Å²) in [6.07, 6.45) is 1.53. The molecule has 25 heavy (non-hydrogen) atoms. The Kier molecular flexibility index (Phi) is 5.53. The highest BCUT2D eigenvalue weighted by molar-refractivity contribution is 6.35. The molecule has 0 unspecified atom stereocenters. The van der Waals surface area contributed by atoms with Gasteiger partial charge in [-0.3, -0.25) is 0 Å². The summed E-state index contributed by atoms with van der Waals surface area (Å²) < 4.78 is 5.42. The molecule has 3 aromatic rings. The van der Waals surface area contributed by atoms with Crippen LogP contribution < -0.4 is 15.4 Å². The highest BCUT2D eigenvalue weighted by atomic mass is 35.5. The van der Waals surface area contributed by atoms with E-state index in [9.17, 15) is 0 Å². The van der Waals surface area contributed by atoms with Gasteiger partial charge in [0.15, 0.2) is 5.82 Å². The van der Waals surface area contributed by atoms with E-state index in [0.29, 0.717) is 34.1 Å². The lowest BCUT2D eigenvalue weighted by Crippen LogP contribution is -2.02. The molecule has 0 aliphatic rings. The number of halogens is 2. The monoisotopic (exact) mass is 375 g/mol. The number of benzene rings is 2. The second-order valence-corrected chi connectivity index (χ2v) is 5.90. The third-order valence-electron chi connectivity index (χ3n) is 3.12. The summed E-state index contributed by atoms with van der Waals surface area (Å²) in [4.78, 5) is 4.37. The van der Waals surface area contributed by atoms with Crippen molar-refractivity contribution in [3.05, 3.63) is 58.7 Å². The first-order valence-electron chi connectivity index (χ1n) is 7.55. The maximum Gasteiger partial charge on any atom is 0.249 e. The van der Waals surface area contributed by atoms with Crippen molar-refractivity contribution in [1.82, 2.24) is 15.2 Å². The van der Waals surface area contributed by atoms with Gasteiger partial charge in [-0.2, -0.15) is 10.1 Å². The van der Waals surface area contributed by atoms with Crippen LogP contribution in [0, 0.1) is 0 Å². The topological polar surface area (TPSA) is 72.0 Å². The number of aromatic nitrogens is 3. The predicted octanol–water partition coefficient (Wildman–Crippen LogP) is 5.06. The molecule has 0 spiro atoms. The Hall–Kier alpha value is -2.57. The first-order chi connectivity index (χ1) is 12.1. The van der Waals surface area contributed by atoms with E-state index in [-0.39, 0.29) is 0 Å². The van der Waals surface area contributed by atoms with Crippen LogP contribution in [0.1, 0.15) is 6.92 Å². The fraction of sp³-hybridized carbons (Fsp3) is 0.118. The van der Waals surface area contributed by atoms with Crippen LogP contribution >= 0.6 is 23.2 Å². The van der Waals surface area contributed by atoms with E-state index in [2.05, 4.69) is 25.8 Å². The van der Waals surface area contributed by atoms with Gasteiger partial charge < -0.3 is 15.4 Å². The van der Waals surface area contributed by atoms with Crippen molar-refractivity contribution < 1.29 is 4.74 Å². The molecule has 0 amide bonds. The smallest absolute Gasteiger partial charge is 0.249 e. The zero-order valence-electron chi connectivity index (χ0n) is 13.3. The predicted molar refractivity (Wildman–Crippen MR) is 100 cm³/mol. The van der Waals surface area contributed by atoms with Gasteiger partial charge in [-0.1, -0.05) is 23.2 Å². The van der Waals surface area contributed by atoms with Gasteiger partial charge in [0, 0.05) is 21.4 Å². The lowest BCUT2D eigenvalue weighted by atomic mass is 10.3. The number of hydrogen-bond donors (Lipinski definition) is 2. The summed E-state index contributed by atoms with van der Waals surface area (Å²) in [5, 5.41) is 15.1. The van der Waals surface area contributed by atoms with E-state index >= 15 is 0 Å². The molecular formula is C17H15Cl2N5O. The van der Waals surface area contributed by atoms with E-state index in [0.717, 1.165) is 11.4 Å². The minimum atomic E-state index is 0.328. The summed E-state index contributed by atoms with van der Waals surface area (Å²) in [5.74, 6) is 1.69. The quantitative estimate of drug-likeness (QED) is 0.626. The maximum absolute atomic E-state index is 5.99. The molecule has 2 N–H and O–H groups in total. The van der Waals surface area contributed by atoms with Crippen molar-refractivity contribution in [1.29, 1.82) is 0 Å². The van der Waals surface area contributed by atoms with Gasteiger partial charge >= 0.3 is 0 Å². The fourth-order valence-electron chi connectivity index (χ4n) is 2.12. The Morgan fingerprint density at radius 3 is 2.36 bits per heavy atom. The molecule has 3 rings (SSSR count). The highest BCUT2D eigenvalue weighted by Gasteiger charge is 2.04. The van der Waals surface area contributed by atoms with Gasteiger partial charge in [-0.15, -0.1) is 5.10 Å². The molecule has 0 radical (unpaired) electrons. The number of nitrogens with zero attached hydrogens (tertiary/aromatic N) is 3. The molecule has 128 valence electrons. The molecule has 0 saturated heterocycles. The minimum absolute atomic E-state index is 0.328. The number of hydrogen-bond acceptors (Lipinski definition) is 6. The fourth-order valence-corrected chi connectivity index (χ4v) is 2.65. The molecular weight excluding hydrogens is 361 g/mol. The van der Waals surface area contributed by atoms with Gasteiger partial charge in [0.2, 0.25) is 5.95 Å². The van der Waals surface area contributed by atoms with Gasteiger partial charge in [0.25, 0.3) is 0 Å². The number of rotatable bonds is 6. The van der Waals surface area contributed by atoms with Crippen LogP contribution in [0.15, 0.2) is 48.7 Å². The van der Waals surface area contributed by atoms with E-state index in [1.54, 1.807) is 18.2 Å². The van der Waals surface area contributed by atoms with E-state index in [1.807, 2.05) is 31.2 Å². The van der Waals surface area contributed by atoms with E-state index in [1.165, 1.54) is 6.20 Å². The Balaban J connectivity index is 1.72. The van der Waals surface area contributed by atoms with Crippen molar-refractivity contribution in [3.8, 4) is 5.75 Å². The second-order valence-electron chi connectivity index (χ2n) is 5.03. The van der Waals surface area contributed by atoms with Crippen LogP contribution in [0.5, 0.6) is 5.75 Å². The summed E-state index contributed by atoms with van der Waals surface area (Å²) in [6, 6.07) is 12.7. The SMILES string of the molecule is CCOc1ccc(Nc2cnnc(Nc3cc(Cl)cc(Cl)c3)n2)cc1. The van der Waals surface area contributed by atoms with Crippen LogP contribution in [0.3, 0.4) is 0 Å². The first kappa shape index (κ1) is 17.3. The van der Waals surface area contributed by atoms with Gasteiger partial charge in [0.05, 0.1) is 12.8 Å². The molecule has 1 aromatic heterocycles. The van der Waals surface area contributed by atoms with Crippen molar-refractivity contribution in [2.45, 2.75) is 6.92 Å². The third kappa shape index (κ3) is 4.95. The minimum Gasteiger partial charge on any atom is -0.494 e. The lowest BCUT2D eigenvalue weighted by Gasteiger charge is -2.09. The molecule has 0 saturated carbocycles. The van der Waals surface area contributed by atoms with Crippen molar-refractivity contribution in [2.24, 2.45) is 0 Å².